The highest BCUT2D eigenvalue weighted by Gasteiger charge is 2.26. The monoisotopic (exact) mass is 448 g/mol. The van der Waals surface area contributed by atoms with Crippen LogP contribution in [0.25, 0.3) is 0 Å². The molecule has 0 saturated carbocycles. The highest BCUT2D eigenvalue weighted by Crippen LogP contribution is 2.26. The van der Waals surface area contributed by atoms with Gasteiger partial charge in [-0.15, -0.1) is 0 Å². The Balaban J connectivity index is 4.21. The second kappa shape index (κ2) is 21.8. The second-order valence-corrected chi connectivity index (χ2v) is 10.2. The lowest BCUT2D eigenvalue weighted by Crippen LogP contribution is -2.23. The molecule has 0 rings (SSSR count). The standard InChI is InChI=1S/C30H56O2/c1-6-8-10-12-14-15-16-17-18-20-22-24-26-28(27-30(3,4)29(31)32-5)25-23-21-19-13-11-9-7-2/h19,21,27H,6-18,20,22-26H2,1-5H3/b21-19?,28-27+. The summed E-state index contributed by atoms with van der Waals surface area (Å²) in [6.07, 6.45) is 31.7. The first kappa shape index (κ1) is 30.9. The summed E-state index contributed by atoms with van der Waals surface area (Å²) in [5.74, 6) is -0.139. The minimum Gasteiger partial charge on any atom is -0.468 e. The van der Waals surface area contributed by atoms with Crippen LogP contribution in [0.3, 0.4) is 0 Å². The summed E-state index contributed by atoms with van der Waals surface area (Å²) in [5.41, 5.74) is 0.886. The molecule has 0 radical (unpaired) electrons. The minimum atomic E-state index is -0.536. The van der Waals surface area contributed by atoms with E-state index in [1.165, 1.54) is 115 Å². The summed E-state index contributed by atoms with van der Waals surface area (Å²) in [6.45, 7) is 8.48. The van der Waals surface area contributed by atoms with Gasteiger partial charge < -0.3 is 4.74 Å². The molecule has 0 spiro atoms. The third-order valence-corrected chi connectivity index (χ3v) is 6.40. The number of hydrogen-bond donors (Lipinski definition) is 0. The van der Waals surface area contributed by atoms with Gasteiger partial charge in [-0.3, -0.25) is 4.79 Å². The number of allylic oxidation sites excluding steroid dienone is 3. The summed E-state index contributed by atoms with van der Waals surface area (Å²) in [7, 11) is 1.49. The van der Waals surface area contributed by atoms with E-state index >= 15 is 0 Å². The first-order valence-corrected chi connectivity index (χ1v) is 13.9. The molecule has 2 heteroatoms. The summed E-state index contributed by atoms with van der Waals surface area (Å²) >= 11 is 0. The molecule has 0 bridgehead atoms. The van der Waals surface area contributed by atoms with Gasteiger partial charge in [0.05, 0.1) is 12.5 Å². The van der Waals surface area contributed by atoms with Gasteiger partial charge >= 0.3 is 5.97 Å². The van der Waals surface area contributed by atoms with Crippen LogP contribution in [0.4, 0.5) is 0 Å². The maximum Gasteiger partial charge on any atom is 0.315 e. The SMILES string of the molecule is CCCCCC=CCC/C(=C\C(C)(C)C(=O)OC)CCCCCCCCCCCCCC. The van der Waals surface area contributed by atoms with Crippen LogP contribution < -0.4 is 0 Å². The van der Waals surface area contributed by atoms with Crippen LogP contribution in [0.5, 0.6) is 0 Å². The number of ether oxygens (including phenoxy) is 1. The molecule has 0 aromatic rings. The molecule has 0 aliphatic heterocycles. The van der Waals surface area contributed by atoms with E-state index in [2.05, 4.69) is 32.1 Å². The lowest BCUT2D eigenvalue weighted by Gasteiger charge is -2.19. The number of esters is 1. The van der Waals surface area contributed by atoms with E-state index < -0.39 is 5.41 Å². The Morgan fingerprint density at radius 2 is 1.12 bits per heavy atom. The van der Waals surface area contributed by atoms with Crippen molar-refractivity contribution < 1.29 is 9.53 Å². The quantitative estimate of drug-likeness (QED) is 0.0935. The van der Waals surface area contributed by atoms with Crippen molar-refractivity contribution in [3.05, 3.63) is 23.8 Å². The third kappa shape index (κ3) is 18.5. The number of carbonyl (C=O) groups excluding carboxylic acids is 1. The smallest absolute Gasteiger partial charge is 0.315 e. The van der Waals surface area contributed by atoms with E-state index in [0.717, 1.165) is 19.3 Å². The molecule has 32 heavy (non-hydrogen) atoms. The van der Waals surface area contributed by atoms with E-state index in [4.69, 9.17) is 4.74 Å². The van der Waals surface area contributed by atoms with Crippen molar-refractivity contribution in [2.24, 2.45) is 5.41 Å². The van der Waals surface area contributed by atoms with Crippen LogP contribution in [0, 0.1) is 5.41 Å². The lowest BCUT2D eigenvalue weighted by atomic mass is 9.88. The number of unbranched alkanes of at least 4 members (excludes halogenated alkanes) is 14. The van der Waals surface area contributed by atoms with E-state index in [1.54, 1.807) is 0 Å². The molecule has 0 aliphatic rings. The Kier molecular flexibility index (Phi) is 21.1. The van der Waals surface area contributed by atoms with Crippen molar-refractivity contribution >= 4 is 5.97 Å². The summed E-state index contributed by atoms with van der Waals surface area (Å²) < 4.78 is 5.02. The van der Waals surface area contributed by atoms with E-state index in [0.29, 0.717) is 0 Å². The molecule has 2 nitrogen and oxygen atoms in total. The number of carbonyl (C=O) groups is 1. The van der Waals surface area contributed by atoms with Gasteiger partial charge in [-0.25, -0.2) is 0 Å². The van der Waals surface area contributed by atoms with E-state index in [9.17, 15) is 4.79 Å². The Hall–Kier alpha value is -1.05. The fourth-order valence-electron chi connectivity index (χ4n) is 4.31. The van der Waals surface area contributed by atoms with Crippen LogP contribution in [0.15, 0.2) is 23.8 Å². The molecule has 0 fully saturated rings. The molecule has 0 N–H and O–H groups in total. The fraction of sp³-hybridized carbons (Fsp3) is 0.833. The average molecular weight is 449 g/mol. The Morgan fingerprint density at radius 1 is 0.656 bits per heavy atom. The Labute approximate surface area is 201 Å². The van der Waals surface area contributed by atoms with Gasteiger partial charge in [-0.1, -0.05) is 121 Å². The Morgan fingerprint density at radius 3 is 1.66 bits per heavy atom. The molecule has 0 aromatic carbocycles. The van der Waals surface area contributed by atoms with Crippen LogP contribution in [0.2, 0.25) is 0 Å². The average Bonchev–Trinajstić information content (AvgIpc) is 2.78. The second-order valence-electron chi connectivity index (χ2n) is 10.2. The van der Waals surface area contributed by atoms with Gasteiger partial charge in [-0.05, 0) is 52.4 Å². The van der Waals surface area contributed by atoms with Crippen molar-refractivity contribution in [2.75, 3.05) is 7.11 Å². The fourth-order valence-corrected chi connectivity index (χ4v) is 4.31. The zero-order valence-corrected chi connectivity index (χ0v) is 22.5. The molecule has 0 atom stereocenters. The van der Waals surface area contributed by atoms with Crippen LogP contribution in [-0.2, 0) is 9.53 Å². The van der Waals surface area contributed by atoms with Gasteiger partial charge in [0, 0.05) is 0 Å². The number of rotatable bonds is 22. The molecule has 0 heterocycles. The highest BCUT2D eigenvalue weighted by atomic mass is 16.5. The largest absolute Gasteiger partial charge is 0.468 e. The first-order valence-electron chi connectivity index (χ1n) is 13.9. The van der Waals surface area contributed by atoms with Crippen molar-refractivity contribution in [2.45, 2.75) is 150 Å². The first-order chi connectivity index (χ1) is 15.5. The van der Waals surface area contributed by atoms with E-state index in [-0.39, 0.29) is 5.97 Å². The zero-order chi connectivity index (χ0) is 23.9. The van der Waals surface area contributed by atoms with Gasteiger partial charge in [0.25, 0.3) is 0 Å². The third-order valence-electron chi connectivity index (χ3n) is 6.40. The molecule has 0 saturated heterocycles. The molecular formula is C30H56O2. The van der Waals surface area contributed by atoms with Gasteiger partial charge in [0.15, 0.2) is 0 Å². The lowest BCUT2D eigenvalue weighted by molar-refractivity contribution is -0.148. The number of methoxy groups -OCH3 is 1. The predicted molar refractivity (Wildman–Crippen MR) is 142 cm³/mol. The predicted octanol–water partition coefficient (Wildman–Crippen LogP) is 10.1. The molecule has 188 valence electrons. The van der Waals surface area contributed by atoms with Crippen LogP contribution in [-0.4, -0.2) is 13.1 Å². The molecular weight excluding hydrogens is 392 g/mol. The van der Waals surface area contributed by atoms with Crippen molar-refractivity contribution in [3.8, 4) is 0 Å². The molecule has 0 aliphatic carbocycles. The maximum absolute atomic E-state index is 12.1. The van der Waals surface area contributed by atoms with Crippen LogP contribution >= 0.6 is 0 Å². The van der Waals surface area contributed by atoms with Crippen molar-refractivity contribution in [1.82, 2.24) is 0 Å². The normalized spacial score (nSPS) is 12.6. The van der Waals surface area contributed by atoms with Gasteiger partial charge in [0.2, 0.25) is 0 Å². The molecule has 0 aromatic heterocycles. The van der Waals surface area contributed by atoms with E-state index in [1.807, 2.05) is 13.8 Å². The Bertz CT molecular complexity index is 487. The van der Waals surface area contributed by atoms with Crippen molar-refractivity contribution in [1.29, 1.82) is 0 Å². The van der Waals surface area contributed by atoms with Crippen LogP contribution in [0.1, 0.15) is 150 Å². The molecule has 0 unspecified atom stereocenters. The highest BCUT2D eigenvalue weighted by molar-refractivity contribution is 5.78. The maximum atomic E-state index is 12.1. The summed E-state index contributed by atoms with van der Waals surface area (Å²) in [4.78, 5) is 12.1. The topological polar surface area (TPSA) is 26.3 Å². The minimum absolute atomic E-state index is 0.139. The zero-order valence-electron chi connectivity index (χ0n) is 22.5. The van der Waals surface area contributed by atoms with Gasteiger partial charge in [0.1, 0.15) is 0 Å². The van der Waals surface area contributed by atoms with Gasteiger partial charge in [-0.2, -0.15) is 0 Å². The summed E-state index contributed by atoms with van der Waals surface area (Å²) in [6, 6.07) is 0. The number of hydrogen-bond acceptors (Lipinski definition) is 2. The van der Waals surface area contributed by atoms with Crippen molar-refractivity contribution in [3.63, 3.8) is 0 Å². The summed E-state index contributed by atoms with van der Waals surface area (Å²) in [5, 5.41) is 0. The molecule has 0 amide bonds.